The number of nitrogens with zero attached hydrogens (tertiary/aromatic N) is 1. The van der Waals surface area contributed by atoms with Crippen LogP contribution < -0.4 is 10.6 Å². The number of rotatable bonds is 6. The number of carbonyl (C=O) groups is 1. The van der Waals surface area contributed by atoms with Crippen LogP contribution >= 0.6 is 0 Å². The third kappa shape index (κ3) is 7.09. The van der Waals surface area contributed by atoms with Crippen LogP contribution in [-0.2, 0) is 11.3 Å². The van der Waals surface area contributed by atoms with Crippen LogP contribution in [0, 0.1) is 0 Å². The van der Waals surface area contributed by atoms with Gasteiger partial charge in [0.1, 0.15) is 5.60 Å². The van der Waals surface area contributed by atoms with Gasteiger partial charge >= 0.3 is 6.09 Å². The zero-order chi connectivity index (χ0) is 15.0. The fourth-order valence-electron chi connectivity index (χ4n) is 1.65. The zero-order valence-corrected chi connectivity index (χ0v) is 12.8. The van der Waals surface area contributed by atoms with Crippen molar-refractivity contribution < 1.29 is 9.53 Å². The summed E-state index contributed by atoms with van der Waals surface area (Å²) in [5.41, 5.74) is 0.517. The summed E-state index contributed by atoms with van der Waals surface area (Å²) >= 11 is 0. The molecule has 2 N–H and O–H groups in total. The van der Waals surface area contributed by atoms with Crippen molar-refractivity contribution in [3.05, 3.63) is 30.1 Å². The number of aromatic nitrogens is 1. The third-order valence-electron chi connectivity index (χ3n) is 2.64. The van der Waals surface area contributed by atoms with E-state index in [1.807, 2.05) is 45.9 Å². The SMILES string of the molecule is CCC(CNCc1ccccn1)NC(=O)OC(C)(C)C. The summed E-state index contributed by atoms with van der Waals surface area (Å²) in [6.45, 7) is 8.97. The smallest absolute Gasteiger partial charge is 0.407 e. The number of carbonyl (C=O) groups excluding carboxylic acids is 1. The standard InChI is InChI=1S/C15H25N3O2/c1-5-12(18-14(19)20-15(2,3)4)10-16-11-13-8-6-7-9-17-13/h6-9,12,16H,5,10-11H2,1-4H3,(H,18,19). The fraction of sp³-hybridized carbons (Fsp3) is 0.600. The number of ether oxygens (including phenoxy) is 1. The van der Waals surface area contributed by atoms with E-state index < -0.39 is 5.60 Å². The second kappa shape index (κ2) is 7.85. The minimum absolute atomic E-state index is 0.0496. The molecule has 1 atom stereocenters. The van der Waals surface area contributed by atoms with E-state index in [4.69, 9.17) is 4.74 Å². The molecule has 1 amide bonds. The molecule has 112 valence electrons. The number of hydrogen-bond donors (Lipinski definition) is 2. The second-order valence-electron chi connectivity index (χ2n) is 5.70. The normalized spacial score (nSPS) is 12.8. The average Bonchev–Trinajstić information content (AvgIpc) is 2.36. The van der Waals surface area contributed by atoms with Crippen molar-refractivity contribution in [1.82, 2.24) is 15.6 Å². The van der Waals surface area contributed by atoms with E-state index in [1.54, 1.807) is 6.20 Å². The van der Waals surface area contributed by atoms with Gasteiger partial charge in [-0.25, -0.2) is 4.79 Å². The largest absolute Gasteiger partial charge is 0.444 e. The minimum atomic E-state index is -0.468. The van der Waals surface area contributed by atoms with Crippen LogP contribution in [0.2, 0.25) is 0 Å². The highest BCUT2D eigenvalue weighted by atomic mass is 16.6. The highest BCUT2D eigenvalue weighted by molar-refractivity contribution is 5.68. The summed E-state index contributed by atoms with van der Waals surface area (Å²) in [7, 11) is 0. The van der Waals surface area contributed by atoms with Gasteiger partial charge in [0, 0.05) is 25.3 Å². The second-order valence-corrected chi connectivity index (χ2v) is 5.70. The van der Waals surface area contributed by atoms with Crippen molar-refractivity contribution in [2.24, 2.45) is 0 Å². The van der Waals surface area contributed by atoms with Crippen molar-refractivity contribution in [3.8, 4) is 0 Å². The minimum Gasteiger partial charge on any atom is -0.444 e. The number of amides is 1. The zero-order valence-electron chi connectivity index (χ0n) is 12.8. The van der Waals surface area contributed by atoms with Gasteiger partial charge in [-0.2, -0.15) is 0 Å². The third-order valence-corrected chi connectivity index (χ3v) is 2.64. The molecule has 5 nitrogen and oxygen atoms in total. The first-order chi connectivity index (χ1) is 9.40. The van der Waals surface area contributed by atoms with Crippen LogP contribution in [0.3, 0.4) is 0 Å². The summed E-state index contributed by atoms with van der Waals surface area (Å²) in [6, 6.07) is 5.87. The van der Waals surface area contributed by atoms with Crippen LogP contribution in [0.5, 0.6) is 0 Å². The molecule has 0 spiro atoms. The highest BCUT2D eigenvalue weighted by Crippen LogP contribution is 2.07. The molecule has 1 heterocycles. The molecular weight excluding hydrogens is 254 g/mol. The first-order valence-corrected chi connectivity index (χ1v) is 7.01. The van der Waals surface area contributed by atoms with Crippen molar-refractivity contribution in [2.75, 3.05) is 6.54 Å². The van der Waals surface area contributed by atoms with E-state index in [0.717, 1.165) is 12.1 Å². The molecule has 5 heteroatoms. The molecular formula is C15H25N3O2. The van der Waals surface area contributed by atoms with Gasteiger partial charge in [0.25, 0.3) is 0 Å². The maximum Gasteiger partial charge on any atom is 0.407 e. The predicted octanol–water partition coefficient (Wildman–Crippen LogP) is 2.47. The molecule has 1 rings (SSSR count). The topological polar surface area (TPSA) is 63.2 Å². The Balaban J connectivity index is 2.31. The van der Waals surface area contributed by atoms with E-state index in [1.165, 1.54) is 0 Å². The lowest BCUT2D eigenvalue weighted by atomic mass is 10.2. The Morgan fingerprint density at radius 1 is 1.40 bits per heavy atom. The lowest BCUT2D eigenvalue weighted by molar-refractivity contribution is 0.0502. The molecule has 1 aromatic heterocycles. The molecule has 0 bridgehead atoms. The van der Waals surface area contributed by atoms with Crippen LogP contribution in [0.4, 0.5) is 4.79 Å². The maximum absolute atomic E-state index is 11.7. The molecule has 0 saturated carbocycles. The maximum atomic E-state index is 11.7. The van der Waals surface area contributed by atoms with Gasteiger partial charge in [0.15, 0.2) is 0 Å². The summed E-state index contributed by atoms with van der Waals surface area (Å²) < 4.78 is 5.24. The van der Waals surface area contributed by atoms with Crippen molar-refractivity contribution in [2.45, 2.75) is 52.3 Å². The van der Waals surface area contributed by atoms with Crippen molar-refractivity contribution in [3.63, 3.8) is 0 Å². The Morgan fingerprint density at radius 2 is 2.15 bits per heavy atom. The van der Waals surface area contributed by atoms with Crippen molar-refractivity contribution in [1.29, 1.82) is 0 Å². The highest BCUT2D eigenvalue weighted by Gasteiger charge is 2.18. The number of alkyl carbamates (subject to hydrolysis) is 1. The molecule has 0 fully saturated rings. The van der Waals surface area contributed by atoms with E-state index in [0.29, 0.717) is 13.1 Å². The van der Waals surface area contributed by atoms with Gasteiger partial charge in [-0.3, -0.25) is 4.98 Å². The number of nitrogens with one attached hydrogen (secondary N) is 2. The molecule has 0 aromatic carbocycles. The van der Waals surface area contributed by atoms with Gasteiger partial charge < -0.3 is 15.4 Å². The lowest BCUT2D eigenvalue weighted by Crippen LogP contribution is -2.43. The molecule has 0 aliphatic heterocycles. The van der Waals surface area contributed by atoms with E-state index in [2.05, 4.69) is 15.6 Å². The predicted molar refractivity (Wildman–Crippen MR) is 79.4 cm³/mol. The van der Waals surface area contributed by atoms with Gasteiger partial charge in [-0.05, 0) is 39.3 Å². The Labute approximate surface area is 121 Å². The fourth-order valence-corrected chi connectivity index (χ4v) is 1.65. The molecule has 1 unspecified atom stereocenters. The van der Waals surface area contributed by atoms with E-state index >= 15 is 0 Å². The molecule has 0 radical (unpaired) electrons. The quantitative estimate of drug-likeness (QED) is 0.839. The van der Waals surface area contributed by atoms with Gasteiger partial charge in [-0.15, -0.1) is 0 Å². The molecule has 0 aliphatic carbocycles. The molecule has 1 aromatic rings. The van der Waals surface area contributed by atoms with Gasteiger partial charge in [0.2, 0.25) is 0 Å². The number of hydrogen-bond acceptors (Lipinski definition) is 4. The van der Waals surface area contributed by atoms with E-state index in [9.17, 15) is 4.79 Å². The Bertz CT molecular complexity index is 401. The Hall–Kier alpha value is -1.62. The Morgan fingerprint density at radius 3 is 2.70 bits per heavy atom. The summed E-state index contributed by atoms with van der Waals surface area (Å²) in [5, 5.41) is 6.15. The first kappa shape index (κ1) is 16.4. The first-order valence-electron chi connectivity index (χ1n) is 7.01. The monoisotopic (exact) mass is 279 g/mol. The lowest BCUT2D eigenvalue weighted by Gasteiger charge is -2.23. The molecule has 20 heavy (non-hydrogen) atoms. The van der Waals surface area contributed by atoms with Crippen LogP contribution in [0.15, 0.2) is 24.4 Å². The van der Waals surface area contributed by atoms with Gasteiger partial charge in [-0.1, -0.05) is 13.0 Å². The number of pyridine rings is 1. The van der Waals surface area contributed by atoms with Crippen LogP contribution in [0.25, 0.3) is 0 Å². The van der Waals surface area contributed by atoms with Gasteiger partial charge in [0.05, 0.1) is 5.69 Å². The Kier molecular flexibility index (Phi) is 6.45. The summed E-state index contributed by atoms with van der Waals surface area (Å²) in [6.07, 6.45) is 2.24. The summed E-state index contributed by atoms with van der Waals surface area (Å²) in [5.74, 6) is 0. The van der Waals surface area contributed by atoms with Crippen molar-refractivity contribution >= 4 is 6.09 Å². The van der Waals surface area contributed by atoms with Crippen LogP contribution in [0.1, 0.15) is 39.8 Å². The van der Waals surface area contributed by atoms with Crippen LogP contribution in [-0.4, -0.2) is 29.3 Å². The summed E-state index contributed by atoms with van der Waals surface area (Å²) in [4.78, 5) is 15.9. The molecule has 0 aliphatic rings. The molecule has 0 saturated heterocycles. The van der Waals surface area contributed by atoms with E-state index in [-0.39, 0.29) is 12.1 Å². The average molecular weight is 279 g/mol.